The minimum Gasteiger partial charge on any atom is -0.496 e. The number of carbonyl (C=O) groups excluding carboxylic acids is 1. The van der Waals surface area contributed by atoms with Gasteiger partial charge in [0.2, 0.25) is 0 Å². The zero-order chi connectivity index (χ0) is 23.3. The Bertz CT molecular complexity index is 1220. The Kier molecular flexibility index (Phi) is 5.29. The molecule has 1 N–H and O–H groups in total. The van der Waals surface area contributed by atoms with Crippen LogP contribution in [0.2, 0.25) is 0 Å². The van der Waals surface area contributed by atoms with Crippen molar-refractivity contribution in [3.63, 3.8) is 0 Å². The Morgan fingerprint density at radius 1 is 1.15 bits per heavy atom. The summed E-state index contributed by atoms with van der Waals surface area (Å²) in [5.74, 6) is 1.65. The second-order valence-corrected chi connectivity index (χ2v) is 9.90. The lowest BCUT2D eigenvalue weighted by Gasteiger charge is -2.46. The number of allylic oxidation sites excluding steroid dienone is 2. The van der Waals surface area contributed by atoms with Crippen molar-refractivity contribution in [2.75, 3.05) is 7.11 Å². The Hall–Kier alpha value is -3.11. The molecule has 2 aromatic rings. The molecule has 0 bridgehead atoms. The highest BCUT2D eigenvalue weighted by Gasteiger charge is 2.42. The smallest absolute Gasteiger partial charge is 0.308 e. The second kappa shape index (κ2) is 8.03. The van der Waals surface area contributed by atoms with Gasteiger partial charge in [0.25, 0.3) is 0 Å². The van der Waals surface area contributed by atoms with E-state index in [1.807, 2.05) is 18.2 Å². The molecule has 2 aromatic carbocycles. The molecule has 0 spiro atoms. The van der Waals surface area contributed by atoms with E-state index < -0.39 is 0 Å². The van der Waals surface area contributed by atoms with Gasteiger partial charge in [0.15, 0.2) is 0 Å². The van der Waals surface area contributed by atoms with E-state index in [0.29, 0.717) is 5.75 Å². The average Bonchev–Trinajstić information content (AvgIpc) is 2.76. The fourth-order valence-electron chi connectivity index (χ4n) is 6.00. The standard InChI is InChI=1S/C29H31NO3/c1-17-16-29(3,4)30-24-13-12-22-27-20(9-7-11-25(27)32-5)15-23(28(22)26(17)24)19-8-6-10-21(14-19)33-18(2)31/h6-14,16,23-24,26,30H,15H2,1-5H3. The lowest BCUT2D eigenvalue weighted by atomic mass is 9.64. The maximum absolute atomic E-state index is 11.6. The molecule has 0 fully saturated rings. The SMILES string of the molecule is COc1cccc2c1C1=C(C(c3cccc(OC(C)=O)c3)C2)C2C(C)=CC(C)(C)NC2C=C1. The molecule has 0 saturated carbocycles. The molecule has 0 saturated heterocycles. The van der Waals surface area contributed by atoms with Gasteiger partial charge in [-0.25, -0.2) is 0 Å². The van der Waals surface area contributed by atoms with Crippen molar-refractivity contribution in [2.24, 2.45) is 5.92 Å². The molecule has 1 aliphatic heterocycles. The molecular weight excluding hydrogens is 410 g/mol. The number of carbonyl (C=O) groups is 1. The molecule has 4 nitrogen and oxygen atoms in total. The van der Waals surface area contributed by atoms with Crippen molar-refractivity contribution in [3.8, 4) is 11.5 Å². The number of rotatable bonds is 3. The van der Waals surface area contributed by atoms with Gasteiger partial charge in [-0.15, -0.1) is 0 Å². The number of hydrogen-bond donors (Lipinski definition) is 1. The summed E-state index contributed by atoms with van der Waals surface area (Å²) in [6, 6.07) is 14.6. The van der Waals surface area contributed by atoms with Gasteiger partial charge in [0, 0.05) is 35.9 Å². The van der Waals surface area contributed by atoms with Gasteiger partial charge in [0.1, 0.15) is 11.5 Å². The van der Waals surface area contributed by atoms with Crippen LogP contribution in [-0.4, -0.2) is 24.7 Å². The molecule has 33 heavy (non-hydrogen) atoms. The van der Waals surface area contributed by atoms with Crippen LogP contribution in [0, 0.1) is 5.92 Å². The van der Waals surface area contributed by atoms with Crippen molar-refractivity contribution in [1.82, 2.24) is 5.32 Å². The third-order valence-electron chi connectivity index (χ3n) is 7.02. The first-order chi connectivity index (χ1) is 15.8. The highest BCUT2D eigenvalue weighted by molar-refractivity contribution is 5.87. The molecular formula is C29H31NO3. The molecule has 5 rings (SSSR count). The Balaban J connectivity index is 1.72. The highest BCUT2D eigenvalue weighted by Crippen LogP contribution is 2.52. The molecule has 1 heterocycles. The summed E-state index contributed by atoms with van der Waals surface area (Å²) in [6.07, 6.45) is 7.84. The summed E-state index contributed by atoms with van der Waals surface area (Å²) < 4.78 is 11.2. The van der Waals surface area contributed by atoms with Crippen LogP contribution in [0.25, 0.3) is 5.57 Å². The molecule has 4 heteroatoms. The molecule has 3 atom stereocenters. The third kappa shape index (κ3) is 3.83. The first-order valence-corrected chi connectivity index (χ1v) is 11.6. The lowest BCUT2D eigenvalue weighted by Crippen LogP contribution is -2.53. The van der Waals surface area contributed by atoms with E-state index in [4.69, 9.17) is 9.47 Å². The van der Waals surface area contributed by atoms with E-state index in [9.17, 15) is 4.79 Å². The van der Waals surface area contributed by atoms with E-state index in [-0.39, 0.29) is 29.4 Å². The van der Waals surface area contributed by atoms with Gasteiger partial charge in [-0.2, -0.15) is 0 Å². The molecule has 170 valence electrons. The highest BCUT2D eigenvalue weighted by atomic mass is 16.5. The fourth-order valence-corrected chi connectivity index (χ4v) is 6.00. The first kappa shape index (κ1) is 21.7. The van der Waals surface area contributed by atoms with Gasteiger partial charge in [-0.05, 0) is 67.7 Å². The minimum absolute atomic E-state index is 0.0529. The third-order valence-corrected chi connectivity index (χ3v) is 7.02. The number of esters is 1. The van der Waals surface area contributed by atoms with Crippen molar-refractivity contribution in [1.29, 1.82) is 0 Å². The van der Waals surface area contributed by atoms with Crippen LogP contribution in [0.15, 0.2) is 71.8 Å². The van der Waals surface area contributed by atoms with Crippen LogP contribution in [0.5, 0.6) is 11.5 Å². The van der Waals surface area contributed by atoms with E-state index in [2.05, 4.69) is 68.6 Å². The summed E-state index contributed by atoms with van der Waals surface area (Å²) in [5.41, 5.74) is 7.66. The van der Waals surface area contributed by atoms with Crippen LogP contribution in [0.1, 0.15) is 50.3 Å². The quantitative estimate of drug-likeness (QED) is 0.383. The van der Waals surface area contributed by atoms with Crippen molar-refractivity contribution >= 4 is 11.5 Å². The molecule has 0 aromatic heterocycles. The van der Waals surface area contributed by atoms with Crippen LogP contribution >= 0.6 is 0 Å². The summed E-state index contributed by atoms with van der Waals surface area (Å²) in [6.45, 7) is 8.15. The van der Waals surface area contributed by atoms with E-state index in [0.717, 1.165) is 12.2 Å². The largest absolute Gasteiger partial charge is 0.496 e. The van der Waals surface area contributed by atoms with Crippen molar-refractivity contribution < 1.29 is 14.3 Å². The summed E-state index contributed by atoms with van der Waals surface area (Å²) in [4.78, 5) is 11.6. The number of methoxy groups -OCH3 is 1. The predicted octanol–water partition coefficient (Wildman–Crippen LogP) is 5.60. The van der Waals surface area contributed by atoms with E-state index in [1.54, 1.807) is 7.11 Å². The first-order valence-electron chi connectivity index (χ1n) is 11.6. The van der Waals surface area contributed by atoms with Crippen molar-refractivity contribution in [2.45, 2.75) is 51.6 Å². The molecule has 3 aliphatic rings. The molecule has 3 unspecified atom stereocenters. The number of hydrogen-bond acceptors (Lipinski definition) is 4. The summed E-state index contributed by atoms with van der Waals surface area (Å²) >= 11 is 0. The summed E-state index contributed by atoms with van der Waals surface area (Å²) in [5, 5.41) is 3.82. The monoisotopic (exact) mass is 441 g/mol. The van der Waals surface area contributed by atoms with E-state index in [1.165, 1.54) is 40.3 Å². The van der Waals surface area contributed by atoms with Crippen LogP contribution in [0.3, 0.4) is 0 Å². The Labute approximate surface area is 196 Å². The topological polar surface area (TPSA) is 47.6 Å². The maximum atomic E-state index is 11.6. The molecule has 0 amide bonds. The predicted molar refractivity (Wildman–Crippen MR) is 131 cm³/mol. The number of fused-ring (bicyclic) bond motifs is 4. The zero-order valence-electron chi connectivity index (χ0n) is 19.9. The van der Waals surface area contributed by atoms with Crippen LogP contribution in [0.4, 0.5) is 0 Å². The van der Waals surface area contributed by atoms with Gasteiger partial charge in [-0.1, -0.05) is 48.1 Å². The maximum Gasteiger partial charge on any atom is 0.308 e. The van der Waals surface area contributed by atoms with Crippen molar-refractivity contribution in [3.05, 3.63) is 88.5 Å². The van der Waals surface area contributed by atoms with Crippen LogP contribution < -0.4 is 14.8 Å². The van der Waals surface area contributed by atoms with Gasteiger partial charge < -0.3 is 14.8 Å². The minimum atomic E-state index is -0.302. The molecule has 0 radical (unpaired) electrons. The lowest BCUT2D eigenvalue weighted by molar-refractivity contribution is -0.131. The number of nitrogens with one attached hydrogen (secondary N) is 1. The molecule has 2 aliphatic carbocycles. The number of benzene rings is 2. The average molecular weight is 442 g/mol. The van der Waals surface area contributed by atoms with Gasteiger partial charge >= 0.3 is 5.97 Å². The van der Waals surface area contributed by atoms with Crippen LogP contribution in [-0.2, 0) is 11.2 Å². The number of ether oxygens (including phenoxy) is 2. The zero-order valence-corrected chi connectivity index (χ0v) is 19.9. The normalized spacial score (nSPS) is 24.9. The van der Waals surface area contributed by atoms with Gasteiger partial charge in [0.05, 0.1) is 7.11 Å². The Morgan fingerprint density at radius 2 is 1.94 bits per heavy atom. The van der Waals surface area contributed by atoms with Gasteiger partial charge in [-0.3, -0.25) is 4.79 Å². The second-order valence-electron chi connectivity index (χ2n) is 9.90. The Morgan fingerprint density at radius 3 is 2.70 bits per heavy atom. The fraction of sp³-hybridized carbons (Fsp3) is 0.345. The summed E-state index contributed by atoms with van der Waals surface area (Å²) in [7, 11) is 1.75. The van der Waals surface area contributed by atoms with E-state index >= 15 is 0 Å².